The molecule has 1 saturated heterocycles. The normalized spacial score (nSPS) is 15.8. The van der Waals surface area contributed by atoms with E-state index < -0.39 is 0 Å². The van der Waals surface area contributed by atoms with E-state index in [2.05, 4.69) is 10.2 Å². The summed E-state index contributed by atoms with van der Waals surface area (Å²) in [7, 11) is 1.55. The molecule has 0 radical (unpaired) electrons. The molecule has 162 valence electrons. The Bertz CT molecular complexity index is 845. The second-order valence-electron chi connectivity index (χ2n) is 7.17. The van der Waals surface area contributed by atoms with Gasteiger partial charge in [-0.1, -0.05) is 18.0 Å². The highest BCUT2D eigenvalue weighted by Gasteiger charge is 2.24. The van der Waals surface area contributed by atoms with Gasteiger partial charge in [0, 0.05) is 12.6 Å². The highest BCUT2D eigenvalue weighted by atomic mass is 35.5. The van der Waals surface area contributed by atoms with Gasteiger partial charge in [-0.25, -0.2) is 0 Å². The van der Waals surface area contributed by atoms with Gasteiger partial charge in [0.15, 0.2) is 11.5 Å². The first-order chi connectivity index (χ1) is 14.6. The van der Waals surface area contributed by atoms with Crippen molar-refractivity contribution in [2.45, 2.75) is 32.2 Å². The van der Waals surface area contributed by atoms with Crippen LogP contribution in [0, 0.1) is 0 Å². The predicted molar refractivity (Wildman–Crippen MR) is 118 cm³/mol. The van der Waals surface area contributed by atoms with Crippen molar-refractivity contribution in [1.29, 1.82) is 0 Å². The van der Waals surface area contributed by atoms with Crippen LogP contribution >= 0.6 is 11.6 Å². The number of nitrogens with zero attached hydrogens (tertiary/aromatic N) is 1. The topological polar surface area (TPSA) is 63.9 Å². The van der Waals surface area contributed by atoms with E-state index in [9.17, 15) is 4.79 Å². The Hall–Kier alpha value is -2.44. The molecule has 1 atom stereocenters. The SMILES string of the molecule is CCOc1cc(/C=C/C(=O)NCC(c2ccco2)N2CCCCC2)cc(Cl)c1OC. The third-order valence-corrected chi connectivity index (χ3v) is 5.42. The summed E-state index contributed by atoms with van der Waals surface area (Å²) in [6, 6.07) is 7.44. The van der Waals surface area contributed by atoms with Crippen molar-refractivity contribution in [3.8, 4) is 11.5 Å². The van der Waals surface area contributed by atoms with Crippen LogP contribution in [0.15, 0.2) is 41.0 Å². The van der Waals surface area contributed by atoms with Gasteiger partial charge in [0.05, 0.1) is 31.0 Å². The van der Waals surface area contributed by atoms with Crippen molar-refractivity contribution < 1.29 is 18.7 Å². The van der Waals surface area contributed by atoms with Crippen molar-refractivity contribution in [1.82, 2.24) is 10.2 Å². The summed E-state index contributed by atoms with van der Waals surface area (Å²) in [6.07, 6.45) is 8.49. The molecule has 30 heavy (non-hydrogen) atoms. The first-order valence-electron chi connectivity index (χ1n) is 10.4. The molecular formula is C23H29ClN2O4. The molecule has 2 aromatic rings. The number of amides is 1. The number of methoxy groups -OCH3 is 1. The second-order valence-corrected chi connectivity index (χ2v) is 7.58. The van der Waals surface area contributed by atoms with E-state index in [-0.39, 0.29) is 11.9 Å². The number of benzene rings is 1. The molecule has 6 nitrogen and oxygen atoms in total. The number of hydrogen-bond donors (Lipinski definition) is 1. The predicted octanol–water partition coefficient (Wildman–Crippen LogP) is 4.70. The standard InChI is InChI=1S/C23H29ClN2O4/c1-3-29-21-15-17(14-18(24)23(21)28-2)9-10-22(27)25-16-19(20-8-7-13-30-20)26-11-5-4-6-12-26/h7-10,13-15,19H,3-6,11-12,16H2,1-2H3,(H,25,27)/b10-9+. The van der Waals surface area contributed by atoms with Gasteiger partial charge in [0.2, 0.25) is 5.91 Å². The Morgan fingerprint density at radius 1 is 1.33 bits per heavy atom. The summed E-state index contributed by atoms with van der Waals surface area (Å²) < 4.78 is 16.5. The molecule has 1 unspecified atom stereocenters. The van der Waals surface area contributed by atoms with Crippen LogP contribution in [0.5, 0.6) is 11.5 Å². The number of carbonyl (C=O) groups excluding carboxylic acids is 1. The van der Waals surface area contributed by atoms with Gasteiger partial charge in [-0.2, -0.15) is 0 Å². The quantitative estimate of drug-likeness (QED) is 0.582. The zero-order chi connectivity index (χ0) is 21.3. The maximum absolute atomic E-state index is 12.5. The number of furan rings is 1. The summed E-state index contributed by atoms with van der Waals surface area (Å²) in [5.41, 5.74) is 0.762. The molecular weight excluding hydrogens is 404 g/mol. The van der Waals surface area contributed by atoms with Gasteiger partial charge >= 0.3 is 0 Å². The minimum Gasteiger partial charge on any atom is -0.491 e. The minimum atomic E-state index is -0.173. The van der Waals surface area contributed by atoms with E-state index in [1.165, 1.54) is 25.3 Å². The van der Waals surface area contributed by atoms with Gasteiger partial charge < -0.3 is 19.2 Å². The Kier molecular flexibility index (Phi) is 8.22. The Morgan fingerprint density at radius 3 is 2.80 bits per heavy atom. The maximum Gasteiger partial charge on any atom is 0.244 e. The fourth-order valence-corrected chi connectivity index (χ4v) is 3.99. The first kappa shape index (κ1) is 22.2. The molecule has 0 saturated carbocycles. The van der Waals surface area contributed by atoms with Crippen LogP contribution in [0.1, 0.15) is 43.6 Å². The molecule has 0 spiro atoms. The van der Waals surface area contributed by atoms with Gasteiger partial charge in [0.1, 0.15) is 5.76 Å². The Labute approximate surface area is 182 Å². The van der Waals surface area contributed by atoms with Crippen LogP contribution in [-0.2, 0) is 4.79 Å². The highest BCUT2D eigenvalue weighted by Crippen LogP contribution is 2.36. The summed E-state index contributed by atoms with van der Waals surface area (Å²) >= 11 is 6.28. The molecule has 1 aliphatic heterocycles. The zero-order valence-electron chi connectivity index (χ0n) is 17.5. The number of nitrogens with one attached hydrogen (secondary N) is 1. The molecule has 2 heterocycles. The average molecular weight is 433 g/mol. The largest absolute Gasteiger partial charge is 0.491 e. The summed E-state index contributed by atoms with van der Waals surface area (Å²) in [5.74, 6) is 1.75. The number of hydrogen-bond acceptors (Lipinski definition) is 5. The lowest BCUT2D eigenvalue weighted by Gasteiger charge is -2.33. The molecule has 1 aromatic heterocycles. The van der Waals surface area contributed by atoms with Gasteiger partial charge in [-0.3, -0.25) is 9.69 Å². The van der Waals surface area contributed by atoms with E-state index in [4.69, 9.17) is 25.5 Å². The van der Waals surface area contributed by atoms with E-state index >= 15 is 0 Å². The number of rotatable bonds is 9. The summed E-state index contributed by atoms with van der Waals surface area (Å²) in [4.78, 5) is 14.8. The smallest absolute Gasteiger partial charge is 0.244 e. The number of halogens is 1. The van der Waals surface area contributed by atoms with Crippen molar-refractivity contribution in [3.63, 3.8) is 0 Å². The third-order valence-electron chi connectivity index (χ3n) is 5.14. The van der Waals surface area contributed by atoms with E-state index in [0.29, 0.717) is 29.7 Å². The lowest BCUT2D eigenvalue weighted by atomic mass is 10.1. The number of piperidine rings is 1. The lowest BCUT2D eigenvalue weighted by molar-refractivity contribution is -0.116. The van der Waals surface area contributed by atoms with Crippen molar-refractivity contribution in [3.05, 3.63) is 53.0 Å². The molecule has 0 aliphatic carbocycles. The van der Waals surface area contributed by atoms with Gasteiger partial charge in [0.25, 0.3) is 0 Å². The third kappa shape index (κ3) is 5.80. The fourth-order valence-electron chi connectivity index (χ4n) is 3.69. The van der Waals surface area contributed by atoms with Gasteiger partial charge in [-0.15, -0.1) is 0 Å². The van der Waals surface area contributed by atoms with E-state index in [1.54, 1.807) is 31.6 Å². The van der Waals surface area contributed by atoms with E-state index in [1.807, 2.05) is 19.1 Å². The van der Waals surface area contributed by atoms with Gasteiger partial charge in [-0.05, 0) is 68.8 Å². The van der Waals surface area contributed by atoms with Crippen LogP contribution in [0.4, 0.5) is 0 Å². The molecule has 3 rings (SSSR count). The maximum atomic E-state index is 12.5. The van der Waals surface area contributed by atoms with Crippen LogP contribution in [-0.4, -0.2) is 44.2 Å². The average Bonchev–Trinajstić information content (AvgIpc) is 3.28. The van der Waals surface area contributed by atoms with Crippen molar-refractivity contribution in [2.75, 3.05) is 33.4 Å². The van der Waals surface area contributed by atoms with Crippen molar-refractivity contribution in [2.24, 2.45) is 0 Å². The highest BCUT2D eigenvalue weighted by molar-refractivity contribution is 6.32. The van der Waals surface area contributed by atoms with Crippen LogP contribution in [0.3, 0.4) is 0 Å². The molecule has 1 amide bonds. The van der Waals surface area contributed by atoms with Crippen LogP contribution in [0.2, 0.25) is 5.02 Å². The fraction of sp³-hybridized carbons (Fsp3) is 0.435. The second kappa shape index (κ2) is 11.1. The Balaban J connectivity index is 1.64. The first-order valence-corrected chi connectivity index (χ1v) is 10.7. The van der Waals surface area contributed by atoms with Crippen LogP contribution in [0.25, 0.3) is 6.08 Å². The molecule has 1 aromatic carbocycles. The number of likely N-dealkylation sites (tertiary alicyclic amines) is 1. The molecule has 1 N–H and O–H groups in total. The minimum absolute atomic E-state index is 0.0395. The monoisotopic (exact) mass is 432 g/mol. The molecule has 1 aliphatic rings. The summed E-state index contributed by atoms with van der Waals surface area (Å²) in [6.45, 7) is 4.90. The zero-order valence-corrected chi connectivity index (χ0v) is 18.3. The van der Waals surface area contributed by atoms with Crippen molar-refractivity contribution >= 4 is 23.6 Å². The molecule has 1 fully saturated rings. The number of carbonyl (C=O) groups is 1. The molecule has 0 bridgehead atoms. The van der Waals surface area contributed by atoms with E-state index in [0.717, 1.165) is 24.4 Å². The molecule has 7 heteroatoms. The lowest BCUT2D eigenvalue weighted by Crippen LogP contribution is -2.40. The summed E-state index contributed by atoms with van der Waals surface area (Å²) in [5, 5.41) is 3.44. The Morgan fingerprint density at radius 2 is 2.13 bits per heavy atom. The van der Waals surface area contributed by atoms with Crippen LogP contribution < -0.4 is 14.8 Å². The number of ether oxygens (including phenoxy) is 2.